The number of carbonyl (C=O) groups is 4. The van der Waals surface area contributed by atoms with E-state index in [1.807, 2.05) is 50.3 Å². The zero-order chi connectivity index (χ0) is 22.3. The lowest BCUT2D eigenvalue weighted by Gasteiger charge is -2.44. The summed E-state index contributed by atoms with van der Waals surface area (Å²) in [7, 11) is 0. The second kappa shape index (κ2) is 6.48. The SMILES string of the molecule is Cc1ccccc1N1C(=O)C2C3C=CC(C2C1=O)C1C(=O)N(c2ccccc2C)C(=O)C31. The number of hydrogen-bond donors (Lipinski definition) is 0. The standard InChI is InChI=1S/C26H22N2O4/c1-13-7-3-5-9-17(13)27-23(29)19-15-11-12-16(20(19)24(27)30)22-21(15)25(31)28(26(22)32)18-10-6-4-8-14(18)2/h3-12,15-16,19-22H,1-2H3. The third-order valence-corrected chi connectivity index (χ3v) is 7.72. The van der Waals surface area contributed by atoms with Crippen LogP contribution in [-0.4, -0.2) is 23.6 Å². The first-order chi connectivity index (χ1) is 15.4. The molecule has 6 heteroatoms. The number of benzene rings is 2. The normalized spacial score (nSPS) is 32.7. The zero-order valence-corrected chi connectivity index (χ0v) is 17.8. The Morgan fingerprint density at radius 3 is 1.16 bits per heavy atom. The summed E-state index contributed by atoms with van der Waals surface area (Å²) in [6.07, 6.45) is 3.79. The topological polar surface area (TPSA) is 74.8 Å². The summed E-state index contributed by atoms with van der Waals surface area (Å²) in [5, 5.41) is 0. The van der Waals surface area contributed by atoms with Crippen molar-refractivity contribution in [2.75, 3.05) is 9.80 Å². The van der Waals surface area contributed by atoms with Crippen molar-refractivity contribution in [1.82, 2.24) is 0 Å². The van der Waals surface area contributed by atoms with Gasteiger partial charge in [0.05, 0.1) is 35.0 Å². The van der Waals surface area contributed by atoms with E-state index in [1.54, 1.807) is 24.3 Å². The Bertz CT molecular complexity index is 1110. The van der Waals surface area contributed by atoms with Crippen LogP contribution >= 0.6 is 0 Å². The maximum atomic E-state index is 13.5. The highest BCUT2D eigenvalue weighted by atomic mass is 16.2. The van der Waals surface area contributed by atoms with Gasteiger partial charge in [-0.3, -0.25) is 19.2 Å². The number of carbonyl (C=O) groups excluding carboxylic acids is 4. The van der Waals surface area contributed by atoms with Crippen LogP contribution < -0.4 is 9.80 Å². The summed E-state index contributed by atoms with van der Waals surface area (Å²) in [5.74, 6) is -4.37. The molecule has 2 aromatic carbocycles. The van der Waals surface area contributed by atoms with Gasteiger partial charge in [0.2, 0.25) is 23.6 Å². The molecule has 3 fully saturated rings. The molecule has 6 nitrogen and oxygen atoms in total. The van der Waals surface area contributed by atoms with Crippen molar-refractivity contribution in [1.29, 1.82) is 0 Å². The fraction of sp³-hybridized carbons (Fsp3) is 0.308. The van der Waals surface area contributed by atoms with Crippen LogP contribution in [-0.2, 0) is 19.2 Å². The van der Waals surface area contributed by atoms with Gasteiger partial charge in [0.25, 0.3) is 0 Å². The first kappa shape index (κ1) is 19.2. The van der Waals surface area contributed by atoms with Gasteiger partial charge in [-0.1, -0.05) is 48.6 Å². The lowest BCUT2D eigenvalue weighted by Crippen LogP contribution is -2.50. The highest BCUT2D eigenvalue weighted by Gasteiger charge is 2.69. The van der Waals surface area contributed by atoms with Crippen molar-refractivity contribution < 1.29 is 19.2 Å². The summed E-state index contributed by atoms with van der Waals surface area (Å²) < 4.78 is 0. The van der Waals surface area contributed by atoms with E-state index < -0.39 is 35.5 Å². The lowest BCUT2D eigenvalue weighted by atomic mass is 9.54. The molecule has 0 spiro atoms. The number of amides is 4. The summed E-state index contributed by atoms with van der Waals surface area (Å²) in [5.41, 5.74) is 2.85. The van der Waals surface area contributed by atoms with E-state index in [0.29, 0.717) is 11.4 Å². The lowest BCUT2D eigenvalue weighted by molar-refractivity contribution is -0.137. The van der Waals surface area contributed by atoms with Crippen LogP contribution in [0.3, 0.4) is 0 Å². The average molecular weight is 426 g/mol. The maximum Gasteiger partial charge on any atom is 0.238 e. The number of anilines is 2. The van der Waals surface area contributed by atoms with Gasteiger partial charge in [0.1, 0.15) is 0 Å². The van der Waals surface area contributed by atoms with Crippen LogP contribution in [0, 0.1) is 49.4 Å². The van der Waals surface area contributed by atoms with E-state index in [0.717, 1.165) is 11.1 Å². The number of allylic oxidation sites excluding steroid dienone is 2. The minimum Gasteiger partial charge on any atom is -0.274 e. The van der Waals surface area contributed by atoms with E-state index in [2.05, 4.69) is 0 Å². The summed E-state index contributed by atoms with van der Waals surface area (Å²) in [4.78, 5) is 56.7. The quantitative estimate of drug-likeness (QED) is 0.547. The Balaban J connectivity index is 1.43. The van der Waals surface area contributed by atoms with Gasteiger partial charge in [0.15, 0.2) is 0 Å². The van der Waals surface area contributed by atoms with Crippen LogP contribution in [0.4, 0.5) is 11.4 Å². The van der Waals surface area contributed by atoms with Crippen LogP contribution in [0.25, 0.3) is 0 Å². The highest BCUT2D eigenvalue weighted by Crippen LogP contribution is 2.58. The van der Waals surface area contributed by atoms with E-state index in [4.69, 9.17) is 0 Å². The first-order valence-electron chi connectivity index (χ1n) is 11.0. The molecular weight excluding hydrogens is 404 g/mol. The predicted octanol–water partition coefficient (Wildman–Crippen LogP) is 3.03. The minimum atomic E-state index is -0.605. The summed E-state index contributed by atoms with van der Waals surface area (Å²) in [6, 6.07) is 14.6. The predicted molar refractivity (Wildman–Crippen MR) is 117 cm³/mol. The van der Waals surface area contributed by atoms with Crippen LogP contribution in [0.15, 0.2) is 60.7 Å². The van der Waals surface area contributed by atoms with Crippen molar-refractivity contribution in [3.63, 3.8) is 0 Å². The van der Waals surface area contributed by atoms with Gasteiger partial charge in [-0.2, -0.15) is 0 Å². The number of aryl methyl sites for hydroxylation is 2. The second-order valence-electron chi connectivity index (χ2n) is 9.24. The van der Waals surface area contributed by atoms with Gasteiger partial charge in [-0.25, -0.2) is 9.80 Å². The maximum absolute atomic E-state index is 13.5. The number of hydrogen-bond acceptors (Lipinski definition) is 4. The van der Waals surface area contributed by atoms with E-state index in [1.165, 1.54) is 9.80 Å². The molecule has 2 aromatic rings. The van der Waals surface area contributed by atoms with Crippen LogP contribution in [0.5, 0.6) is 0 Å². The minimum absolute atomic E-state index is 0.262. The van der Waals surface area contributed by atoms with Gasteiger partial charge in [0, 0.05) is 11.8 Å². The molecule has 160 valence electrons. The fourth-order valence-corrected chi connectivity index (χ4v) is 6.33. The Hall–Kier alpha value is -3.54. The molecule has 7 rings (SSSR count). The van der Waals surface area contributed by atoms with Crippen molar-refractivity contribution >= 4 is 35.0 Å². The molecule has 2 saturated heterocycles. The molecule has 2 aliphatic heterocycles. The van der Waals surface area contributed by atoms with Crippen LogP contribution in [0.1, 0.15) is 11.1 Å². The number of imide groups is 2. The highest BCUT2D eigenvalue weighted by molar-refractivity contribution is 6.26. The molecule has 4 atom stereocenters. The Kier molecular flexibility index (Phi) is 3.88. The van der Waals surface area contributed by atoms with E-state index in [-0.39, 0.29) is 23.6 Å². The van der Waals surface area contributed by atoms with Gasteiger partial charge >= 0.3 is 0 Å². The molecule has 4 unspecified atom stereocenters. The summed E-state index contributed by atoms with van der Waals surface area (Å²) >= 11 is 0. The third kappa shape index (κ3) is 2.24. The molecule has 0 aromatic heterocycles. The Morgan fingerprint density at radius 2 is 0.844 bits per heavy atom. The smallest absolute Gasteiger partial charge is 0.238 e. The largest absolute Gasteiger partial charge is 0.274 e. The van der Waals surface area contributed by atoms with Crippen molar-refractivity contribution in [2.45, 2.75) is 13.8 Å². The van der Waals surface area contributed by atoms with Gasteiger partial charge in [-0.05, 0) is 37.1 Å². The average Bonchev–Trinajstić information content (AvgIpc) is 3.22. The second-order valence-corrected chi connectivity index (χ2v) is 9.24. The number of nitrogens with zero attached hydrogens (tertiary/aromatic N) is 2. The van der Waals surface area contributed by atoms with Crippen LogP contribution in [0.2, 0.25) is 0 Å². The zero-order valence-electron chi connectivity index (χ0n) is 17.8. The Labute approximate surface area is 185 Å². The molecule has 0 N–H and O–H groups in total. The van der Waals surface area contributed by atoms with Gasteiger partial charge in [-0.15, -0.1) is 0 Å². The molecule has 5 aliphatic rings. The molecule has 4 amide bonds. The number of rotatable bonds is 2. The Morgan fingerprint density at radius 1 is 0.531 bits per heavy atom. The molecule has 3 aliphatic carbocycles. The molecule has 1 saturated carbocycles. The van der Waals surface area contributed by atoms with Gasteiger partial charge < -0.3 is 0 Å². The van der Waals surface area contributed by atoms with E-state index in [9.17, 15) is 19.2 Å². The molecule has 2 heterocycles. The van der Waals surface area contributed by atoms with Crippen molar-refractivity contribution in [2.24, 2.45) is 35.5 Å². The molecule has 32 heavy (non-hydrogen) atoms. The third-order valence-electron chi connectivity index (χ3n) is 7.72. The van der Waals surface area contributed by atoms with Crippen molar-refractivity contribution in [3.05, 3.63) is 71.8 Å². The molecule has 0 radical (unpaired) electrons. The van der Waals surface area contributed by atoms with E-state index >= 15 is 0 Å². The fourth-order valence-electron chi connectivity index (χ4n) is 6.33. The molecular formula is C26H22N2O4. The first-order valence-corrected chi connectivity index (χ1v) is 11.0. The monoisotopic (exact) mass is 426 g/mol. The summed E-state index contributed by atoms with van der Waals surface area (Å²) in [6.45, 7) is 3.74. The number of para-hydroxylation sites is 2. The van der Waals surface area contributed by atoms with Crippen molar-refractivity contribution in [3.8, 4) is 0 Å². The molecule has 2 bridgehead atoms.